The maximum absolute atomic E-state index is 11.7. The minimum atomic E-state index is -0.164. The topological polar surface area (TPSA) is 58.7 Å². The van der Waals surface area contributed by atoms with Gasteiger partial charge in [-0.1, -0.05) is 23.2 Å². The fourth-order valence-corrected chi connectivity index (χ4v) is 2.13. The molecule has 17 heavy (non-hydrogen) atoms. The molecule has 6 heteroatoms. The van der Waals surface area contributed by atoms with Crippen molar-refractivity contribution in [3.63, 3.8) is 0 Å². The van der Waals surface area contributed by atoms with Crippen LogP contribution < -0.4 is 10.7 Å². The van der Waals surface area contributed by atoms with E-state index in [1.807, 2.05) is 13.8 Å². The first-order valence-corrected chi connectivity index (χ1v) is 5.78. The van der Waals surface area contributed by atoms with E-state index in [1.165, 1.54) is 5.01 Å². The molecular weight excluding hydrogens is 261 g/mol. The molecule has 0 spiro atoms. The Morgan fingerprint density at radius 1 is 1.35 bits per heavy atom. The summed E-state index contributed by atoms with van der Waals surface area (Å²) in [6.45, 7) is 3.71. The molecule has 0 atom stereocenters. The molecule has 1 aliphatic heterocycles. The van der Waals surface area contributed by atoms with Crippen molar-refractivity contribution in [3.05, 3.63) is 27.2 Å². The van der Waals surface area contributed by atoms with E-state index in [4.69, 9.17) is 28.9 Å². The zero-order valence-corrected chi connectivity index (χ0v) is 10.9. The van der Waals surface area contributed by atoms with Crippen LogP contribution in [0.5, 0.6) is 0 Å². The van der Waals surface area contributed by atoms with E-state index in [0.717, 1.165) is 11.1 Å². The summed E-state index contributed by atoms with van der Waals surface area (Å²) in [5, 5.41) is 6.16. The standard InChI is InChI=1S/C11H11Cl2N3O/c1-5-6(2)11(13)7(12)3-8(5)16-10(17)4-9(14)15-16/h3H,4H2,1-2H3,(H2,14,15). The molecule has 0 unspecified atom stereocenters. The molecular formula is C11H11Cl2N3O. The van der Waals surface area contributed by atoms with Crippen molar-refractivity contribution in [2.24, 2.45) is 10.8 Å². The smallest absolute Gasteiger partial charge is 0.255 e. The Hall–Kier alpha value is -1.26. The minimum absolute atomic E-state index is 0.138. The Morgan fingerprint density at radius 2 is 2.00 bits per heavy atom. The first-order valence-electron chi connectivity index (χ1n) is 5.03. The van der Waals surface area contributed by atoms with E-state index < -0.39 is 0 Å². The van der Waals surface area contributed by atoms with Gasteiger partial charge < -0.3 is 5.73 Å². The van der Waals surface area contributed by atoms with E-state index in [1.54, 1.807) is 6.07 Å². The van der Waals surface area contributed by atoms with Crippen LogP contribution in [0.1, 0.15) is 17.5 Å². The van der Waals surface area contributed by atoms with Crippen molar-refractivity contribution in [1.29, 1.82) is 0 Å². The number of benzene rings is 1. The normalized spacial score (nSPS) is 15.4. The van der Waals surface area contributed by atoms with Gasteiger partial charge in [0, 0.05) is 0 Å². The van der Waals surface area contributed by atoms with Crippen molar-refractivity contribution >= 4 is 40.6 Å². The third-order valence-corrected chi connectivity index (χ3v) is 3.66. The van der Waals surface area contributed by atoms with Gasteiger partial charge in [0.25, 0.3) is 5.91 Å². The average molecular weight is 272 g/mol. The van der Waals surface area contributed by atoms with Crippen LogP contribution in [0.4, 0.5) is 5.69 Å². The van der Waals surface area contributed by atoms with Crippen LogP contribution in [-0.2, 0) is 4.79 Å². The summed E-state index contributed by atoms with van der Waals surface area (Å²) in [5.74, 6) is 0.140. The summed E-state index contributed by atoms with van der Waals surface area (Å²) < 4.78 is 0. The number of hydrogen-bond acceptors (Lipinski definition) is 3. The summed E-state index contributed by atoms with van der Waals surface area (Å²) in [5.41, 5.74) is 7.87. The highest BCUT2D eigenvalue weighted by molar-refractivity contribution is 6.42. The van der Waals surface area contributed by atoms with Crippen LogP contribution in [0.2, 0.25) is 10.0 Å². The first kappa shape index (κ1) is 12.2. The van der Waals surface area contributed by atoms with Crippen LogP contribution in [-0.4, -0.2) is 11.7 Å². The quantitative estimate of drug-likeness (QED) is 0.854. The second kappa shape index (κ2) is 4.20. The highest BCUT2D eigenvalue weighted by atomic mass is 35.5. The number of amidine groups is 1. The summed E-state index contributed by atoms with van der Waals surface area (Å²) in [6, 6.07) is 1.63. The molecule has 1 aliphatic rings. The second-order valence-electron chi connectivity index (χ2n) is 3.92. The number of hydrogen-bond donors (Lipinski definition) is 1. The molecule has 90 valence electrons. The van der Waals surface area contributed by atoms with Gasteiger partial charge in [-0.05, 0) is 31.0 Å². The molecule has 1 amide bonds. The number of hydrazone groups is 1. The number of carbonyl (C=O) groups excluding carboxylic acids is 1. The summed E-state index contributed by atoms with van der Waals surface area (Å²) >= 11 is 12.0. The van der Waals surface area contributed by atoms with Crippen LogP contribution in [0, 0.1) is 13.8 Å². The lowest BCUT2D eigenvalue weighted by atomic mass is 10.1. The van der Waals surface area contributed by atoms with E-state index in [-0.39, 0.29) is 12.3 Å². The first-order chi connectivity index (χ1) is 7.91. The third kappa shape index (κ3) is 1.98. The number of rotatable bonds is 1. The fourth-order valence-electron chi connectivity index (χ4n) is 1.69. The van der Waals surface area contributed by atoms with Crippen LogP contribution >= 0.6 is 23.2 Å². The monoisotopic (exact) mass is 271 g/mol. The molecule has 1 aromatic rings. The van der Waals surface area contributed by atoms with Crippen molar-refractivity contribution in [2.45, 2.75) is 20.3 Å². The van der Waals surface area contributed by atoms with Crippen molar-refractivity contribution in [3.8, 4) is 0 Å². The zero-order valence-electron chi connectivity index (χ0n) is 9.42. The van der Waals surface area contributed by atoms with Gasteiger partial charge in [-0.3, -0.25) is 4.79 Å². The van der Waals surface area contributed by atoms with Crippen LogP contribution in [0.3, 0.4) is 0 Å². The van der Waals surface area contributed by atoms with Gasteiger partial charge in [0.05, 0.1) is 22.2 Å². The third-order valence-electron chi connectivity index (χ3n) is 2.77. The van der Waals surface area contributed by atoms with Crippen molar-refractivity contribution in [1.82, 2.24) is 0 Å². The molecule has 1 heterocycles. The van der Waals surface area contributed by atoms with Gasteiger partial charge in [-0.25, -0.2) is 0 Å². The Kier molecular flexibility index (Phi) is 3.02. The summed E-state index contributed by atoms with van der Waals surface area (Å²) in [6.07, 6.45) is 0.138. The van der Waals surface area contributed by atoms with Crippen molar-refractivity contribution < 1.29 is 4.79 Å². The second-order valence-corrected chi connectivity index (χ2v) is 4.70. The van der Waals surface area contributed by atoms with Gasteiger partial charge >= 0.3 is 0 Å². The molecule has 0 aromatic heterocycles. The number of anilines is 1. The highest BCUT2D eigenvalue weighted by Gasteiger charge is 2.26. The summed E-state index contributed by atoms with van der Waals surface area (Å²) in [7, 11) is 0. The lowest BCUT2D eigenvalue weighted by Gasteiger charge is -2.17. The fraction of sp³-hybridized carbons (Fsp3) is 0.273. The molecule has 2 rings (SSSR count). The van der Waals surface area contributed by atoms with Crippen LogP contribution in [0.25, 0.3) is 0 Å². The van der Waals surface area contributed by atoms with Gasteiger partial charge in [-0.2, -0.15) is 10.1 Å². The molecule has 0 saturated heterocycles. The molecule has 0 bridgehead atoms. The van der Waals surface area contributed by atoms with E-state index in [0.29, 0.717) is 21.6 Å². The number of halogens is 2. The van der Waals surface area contributed by atoms with Gasteiger partial charge in [0.2, 0.25) is 0 Å². The molecule has 4 nitrogen and oxygen atoms in total. The molecule has 0 fully saturated rings. The highest BCUT2D eigenvalue weighted by Crippen LogP contribution is 2.36. The van der Waals surface area contributed by atoms with Crippen LogP contribution in [0.15, 0.2) is 11.2 Å². The molecule has 1 aromatic carbocycles. The minimum Gasteiger partial charge on any atom is -0.385 e. The van der Waals surface area contributed by atoms with Gasteiger partial charge in [0.15, 0.2) is 0 Å². The number of nitrogens with two attached hydrogens (primary N) is 1. The van der Waals surface area contributed by atoms with Gasteiger partial charge in [0.1, 0.15) is 5.84 Å². The Labute approximate surface area is 109 Å². The zero-order chi connectivity index (χ0) is 12.7. The number of nitrogens with zero attached hydrogens (tertiary/aromatic N) is 2. The van der Waals surface area contributed by atoms with E-state index in [2.05, 4.69) is 5.10 Å². The molecule has 0 saturated carbocycles. The predicted molar refractivity (Wildman–Crippen MR) is 69.7 cm³/mol. The molecule has 2 N–H and O–H groups in total. The largest absolute Gasteiger partial charge is 0.385 e. The average Bonchev–Trinajstić information content (AvgIpc) is 2.60. The SMILES string of the molecule is Cc1c(N2N=C(N)CC2=O)cc(Cl)c(Cl)c1C. The maximum atomic E-state index is 11.7. The molecule has 0 aliphatic carbocycles. The maximum Gasteiger partial charge on any atom is 0.255 e. The number of carbonyl (C=O) groups is 1. The predicted octanol–water partition coefficient (Wildman–Crippen LogP) is 2.62. The van der Waals surface area contributed by atoms with Crippen molar-refractivity contribution in [2.75, 3.05) is 5.01 Å². The van der Waals surface area contributed by atoms with Gasteiger partial charge in [-0.15, -0.1) is 0 Å². The lowest BCUT2D eigenvalue weighted by Crippen LogP contribution is -2.21. The lowest BCUT2D eigenvalue weighted by molar-refractivity contribution is -0.116. The molecule has 0 radical (unpaired) electrons. The Balaban J connectivity index is 2.57. The number of amides is 1. The Morgan fingerprint density at radius 3 is 2.53 bits per heavy atom. The Bertz CT molecular complexity index is 540. The summed E-state index contributed by atoms with van der Waals surface area (Å²) in [4.78, 5) is 11.7. The van der Waals surface area contributed by atoms with E-state index >= 15 is 0 Å². The van der Waals surface area contributed by atoms with E-state index in [9.17, 15) is 4.79 Å².